The van der Waals surface area contributed by atoms with E-state index in [0.29, 0.717) is 49.8 Å². The average Bonchev–Trinajstić information content (AvgIpc) is 3.50. The molecule has 12 heteroatoms. The number of piperazine rings is 1. The van der Waals surface area contributed by atoms with E-state index in [4.69, 9.17) is 17.0 Å². The lowest BCUT2D eigenvalue weighted by Gasteiger charge is -2.36. The van der Waals surface area contributed by atoms with Crippen molar-refractivity contribution in [2.75, 3.05) is 38.2 Å². The number of carbonyl (C=O) groups is 1. The molecule has 0 spiro atoms. The summed E-state index contributed by atoms with van der Waals surface area (Å²) in [5, 5.41) is 15.3. The first-order chi connectivity index (χ1) is 15.5. The summed E-state index contributed by atoms with van der Waals surface area (Å²) < 4.78 is 22.9. The number of rotatable bonds is 6. The summed E-state index contributed by atoms with van der Waals surface area (Å²) >= 11 is 4.93. The third kappa shape index (κ3) is 5.02. The Hall–Kier alpha value is -3.54. The van der Waals surface area contributed by atoms with Gasteiger partial charge in [-0.3, -0.25) is 9.48 Å². The lowest BCUT2D eigenvalue weighted by Crippen LogP contribution is -2.49. The maximum Gasteiger partial charge on any atom is 0.256 e. The van der Waals surface area contributed by atoms with Gasteiger partial charge in [0.25, 0.3) is 5.17 Å². The number of hydrogen-bond acceptors (Lipinski definition) is 7. The molecule has 1 aliphatic rings. The van der Waals surface area contributed by atoms with Crippen LogP contribution in [0, 0.1) is 5.82 Å². The number of thiocarbonyl (C=S) groups is 1. The number of nitrogens with zero attached hydrogens (tertiary/aromatic N) is 7. The van der Waals surface area contributed by atoms with Gasteiger partial charge in [0.15, 0.2) is 0 Å². The Morgan fingerprint density at radius 3 is 2.78 bits per heavy atom. The van der Waals surface area contributed by atoms with Gasteiger partial charge in [-0.25, -0.2) is 9.07 Å². The normalized spacial score (nSPS) is 13.8. The number of anilines is 1. The van der Waals surface area contributed by atoms with Crippen LogP contribution < -0.4 is 10.2 Å². The smallest absolute Gasteiger partial charge is 0.256 e. The SMILES string of the molecule is COC(=S)NCc1cn(-c2ccc(N3CCN(C(=O)Cn4cccn4)CC3)c(F)c2)nn1. The quantitative estimate of drug-likeness (QED) is 0.547. The van der Waals surface area contributed by atoms with Crippen LogP contribution >= 0.6 is 12.2 Å². The zero-order valence-electron chi connectivity index (χ0n) is 17.5. The van der Waals surface area contributed by atoms with E-state index in [9.17, 15) is 9.18 Å². The first kappa shape index (κ1) is 21.7. The molecule has 0 bridgehead atoms. The molecule has 168 valence electrons. The van der Waals surface area contributed by atoms with Crippen molar-refractivity contribution in [2.24, 2.45) is 0 Å². The van der Waals surface area contributed by atoms with Crippen molar-refractivity contribution < 1.29 is 13.9 Å². The number of aromatic nitrogens is 5. The second-order valence-electron chi connectivity index (χ2n) is 7.21. The van der Waals surface area contributed by atoms with Crippen LogP contribution in [-0.4, -0.2) is 74.0 Å². The third-order valence-electron chi connectivity index (χ3n) is 5.17. The van der Waals surface area contributed by atoms with Gasteiger partial charge in [0.2, 0.25) is 5.91 Å². The molecule has 32 heavy (non-hydrogen) atoms. The van der Waals surface area contributed by atoms with Crippen LogP contribution in [0.2, 0.25) is 0 Å². The standard InChI is InChI=1S/C20H23FN8O2S/c1-31-20(32)22-12-15-13-29(25-24-15)16-3-4-18(17(21)11-16)26-7-9-27(10-8-26)19(30)14-28-6-2-5-23-28/h2-6,11,13H,7-10,12,14H2,1H3,(H,22,32). The highest BCUT2D eigenvalue weighted by Crippen LogP contribution is 2.23. The lowest BCUT2D eigenvalue weighted by atomic mass is 10.2. The second-order valence-corrected chi connectivity index (χ2v) is 7.58. The molecule has 3 aromatic rings. The van der Waals surface area contributed by atoms with Crippen molar-refractivity contribution in [1.29, 1.82) is 0 Å². The number of halogens is 1. The first-order valence-electron chi connectivity index (χ1n) is 10.1. The van der Waals surface area contributed by atoms with E-state index in [1.165, 1.54) is 17.9 Å². The summed E-state index contributed by atoms with van der Waals surface area (Å²) in [4.78, 5) is 16.1. The largest absolute Gasteiger partial charge is 0.474 e. The zero-order valence-corrected chi connectivity index (χ0v) is 18.3. The number of hydrogen-bond donors (Lipinski definition) is 1. The molecule has 1 saturated heterocycles. The third-order valence-corrected chi connectivity index (χ3v) is 5.48. The summed E-state index contributed by atoms with van der Waals surface area (Å²) in [7, 11) is 1.48. The molecule has 2 aromatic heterocycles. The number of methoxy groups -OCH3 is 1. The Labute approximate surface area is 189 Å². The molecule has 4 rings (SSSR count). The monoisotopic (exact) mass is 458 g/mol. The molecule has 1 amide bonds. The van der Waals surface area contributed by atoms with Crippen LogP contribution in [0.4, 0.5) is 10.1 Å². The number of nitrogens with one attached hydrogen (secondary N) is 1. The average molecular weight is 459 g/mol. The fraction of sp³-hybridized carbons (Fsp3) is 0.350. The van der Waals surface area contributed by atoms with Gasteiger partial charge in [0.1, 0.15) is 18.1 Å². The molecule has 1 N–H and O–H groups in total. The Kier molecular flexibility index (Phi) is 6.59. The lowest BCUT2D eigenvalue weighted by molar-refractivity contribution is -0.132. The van der Waals surface area contributed by atoms with E-state index in [1.807, 2.05) is 4.90 Å². The van der Waals surface area contributed by atoms with Gasteiger partial charge < -0.3 is 19.9 Å². The molecule has 1 aromatic carbocycles. The molecule has 0 aliphatic carbocycles. The zero-order chi connectivity index (χ0) is 22.5. The highest BCUT2D eigenvalue weighted by Gasteiger charge is 2.23. The highest BCUT2D eigenvalue weighted by atomic mass is 32.1. The van der Waals surface area contributed by atoms with E-state index >= 15 is 0 Å². The van der Waals surface area contributed by atoms with Crippen molar-refractivity contribution in [2.45, 2.75) is 13.1 Å². The van der Waals surface area contributed by atoms with Gasteiger partial charge in [-0.1, -0.05) is 5.21 Å². The number of ether oxygens (including phenoxy) is 1. The summed E-state index contributed by atoms with van der Waals surface area (Å²) in [5.41, 5.74) is 1.71. The molecule has 0 unspecified atom stereocenters. The fourth-order valence-corrected chi connectivity index (χ4v) is 3.54. The summed E-state index contributed by atoms with van der Waals surface area (Å²) in [5.74, 6) is -0.346. The van der Waals surface area contributed by atoms with Crippen LogP contribution in [0.5, 0.6) is 0 Å². The minimum atomic E-state index is -0.352. The molecule has 3 heterocycles. The number of carbonyl (C=O) groups excluding carboxylic acids is 1. The summed E-state index contributed by atoms with van der Waals surface area (Å²) in [6.07, 6.45) is 5.10. The van der Waals surface area contributed by atoms with Crippen molar-refractivity contribution in [3.8, 4) is 5.69 Å². The minimum absolute atomic E-state index is 0.00640. The number of benzene rings is 1. The van der Waals surface area contributed by atoms with Gasteiger partial charge in [-0.15, -0.1) is 5.10 Å². The predicted octanol–water partition coefficient (Wildman–Crippen LogP) is 0.973. The van der Waals surface area contributed by atoms with Gasteiger partial charge in [0.05, 0.1) is 31.2 Å². The molecule has 1 aliphatic heterocycles. The minimum Gasteiger partial charge on any atom is -0.474 e. The fourth-order valence-electron chi connectivity index (χ4n) is 3.46. The topological polar surface area (TPSA) is 93.3 Å². The van der Waals surface area contributed by atoms with Gasteiger partial charge in [0, 0.05) is 44.6 Å². The molecular formula is C20H23FN8O2S. The first-order valence-corrected chi connectivity index (χ1v) is 10.5. The number of amides is 1. The van der Waals surface area contributed by atoms with Gasteiger partial charge >= 0.3 is 0 Å². The van der Waals surface area contributed by atoms with E-state index in [1.54, 1.807) is 46.4 Å². The molecule has 1 fully saturated rings. The highest BCUT2D eigenvalue weighted by molar-refractivity contribution is 7.80. The van der Waals surface area contributed by atoms with E-state index in [2.05, 4.69) is 20.7 Å². The Morgan fingerprint density at radius 1 is 1.28 bits per heavy atom. The van der Waals surface area contributed by atoms with Gasteiger partial charge in [-0.2, -0.15) is 5.10 Å². The molecular weight excluding hydrogens is 435 g/mol. The maximum absolute atomic E-state index is 14.9. The van der Waals surface area contributed by atoms with E-state index in [0.717, 1.165) is 0 Å². The van der Waals surface area contributed by atoms with Crippen LogP contribution in [0.1, 0.15) is 5.69 Å². The van der Waals surface area contributed by atoms with E-state index < -0.39 is 0 Å². The van der Waals surface area contributed by atoms with Gasteiger partial charge in [-0.05, 0) is 30.4 Å². The van der Waals surface area contributed by atoms with Crippen LogP contribution in [0.15, 0.2) is 42.9 Å². The predicted molar refractivity (Wildman–Crippen MR) is 119 cm³/mol. The van der Waals surface area contributed by atoms with Crippen molar-refractivity contribution in [1.82, 2.24) is 35.0 Å². The Balaban J connectivity index is 1.35. The van der Waals surface area contributed by atoms with Crippen molar-refractivity contribution in [3.05, 3.63) is 54.4 Å². The summed E-state index contributed by atoms with van der Waals surface area (Å²) in [6, 6.07) is 6.73. The van der Waals surface area contributed by atoms with Crippen molar-refractivity contribution in [3.63, 3.8) is 0 Å². The van der Waals surface area contributed by atoms with E-state index in [-0.39, 0.29) is 23.4 Å². The molecule has 10 nitrogen and oxygen atoms in total. The van der Waals surface area contributed by atoms with Crippen LogP contribution in [0.3, 0.4) is 0 Å². The maximum atomic E-state index is 14.9. The van der Waals surface area contributed by atoms with Crippen molar-refractivity contribution >= 4 is 29.0 Å². The Morgan fingerprint density at radius 2 is 2.09 bits per heavy atom. The molecule has 0 saturated carbocycles. The second kappa shape index (κ2) is 9.73. The van der Waals surface area contributed by atoms with Crippen LogP contribution in [-0.2, 0) is 22.6 Å². The summed E-state index contributed by atoms with van der Waals surface area (Å²) in [6.45, 7) is 2.74. The molecule has 0 radical (unpaired) electrons. The Bertz CT molecular complexity index is 1080. The molecule has 0 atom stereocenters. The van der Waals surface area contributed by atoms with Crippen LogP contribution in [0.25, 0.3) is 5.69 Å².